The standard InChI is InChI=1S/C8H5BrF2INO2/c1-15-8(14)6-5(7(10)11)3(12)2-4(9)13-6/h2,7H,1H3. The fourth-order valence-corrected chi connectivity index (χ4v) is 2.57. The summed E-state index contributed by atoms with van der Waals surface area (Å²) < 4.78 is 30.3. The maximum Gasteiger partial charge on any atom is 0.357 e. The van der Waals surface area contributed by atoms with Gasteiger partial charge in [0.1, 0.15) is 4.60 Å². The fraction of sp³-hybridized carbons (Fsp3) is 0.250. The normalized spacial score (nSPS) is 10.5. The van der Waals surface area contributed by atoms with Crippen LogP contribution in [0.4, 0.5) is 8.78 Å². The van der Waals surface area contributed by atoms with Crippen molar-refractivity contribution in [3.8, 4) is 0 Å². The number of rotatable bonds is 2. The first kappa shape index (κ1) is 12.8. The van der Waals surface area contributed by atoms with E-state index in [-0.39, 0.29) is 9.26 Å². The van der Waals surface area contributed by atoms with Crippen molar-refractivity contribution in [1.82, 2.24) is 4.98 Å². The van der Waals surface area contributed by atoms with Gasteiger partial charge >= 0.3 is 5.97 Å². The van der Waals surface area contributed by atoms with Crippen molar-refractivity contribution in [2.75, 3.05) is 7.11 Å². The smallest absolute Gasteiger partial charge is 0.357 e. The number of hydrogen-bond donors (Lipinski definition) is 0. The highest BCUT2D eigenvalue weighted by Gasteiger charge is 2.24. The number of nitrogens with zero attached hydrogens (tertiary/aromatic N) is 1. The first-order valence-corrected chi connectivity index (χ1v) is 5.57. The first-order chi connectivity index (χ1) is 6.97. The third kappa shape index (κ3) is 2.83. The summed E-state index contributed by atoms with van der Waals surface area (Å²) in [6, 6.07) is 1.41. The molecule has 0 fully saturated rings. The number of methoxy groups -OCH3 is 1. The third-order valence-corrected chi connectivity index (χ3v) is 2.87. The molecule has 0 aliphatic rings. The predicted octanol–water partition coefficient (Wildman–Crippen LogP) is 3.17. The maximum atomic E-state index is 12.6. The van der Waals surface area contributed by atoms with Gasteiger partial charge in [-0.15, -0.1) is 0 Å². The Morgan fingerprint density at radius 3 is 2.73 bits per heavy atom. The molecule has 0 bridgehead atoms. The zero-order valence-corrected chi connectivity index (χ0v) is 11.2. The summed E-state index contributed by atoms with van der Waals surface area (Å²) in [4.78, 5) is 14.9. The average Bonchev–Trinajstić information content (AvgIpc) is 2.14. The molecule has 0 unspecified atom stereocenters. The van der Waals surface area contributed by atoms with E-state index in [1.807, 2.05) is 0 Å². The number of aromatic nitrogens is 1. The number of carbonyl (C=O) groups excluding carboxylic acids is 1. The summed E-state index contributed by atoms with van der Waals surface area (Å²) in [6.07, 6.45) is -2.76. The molecule has 0 N–H and O–H groups in total. The summed E-state index contributed by atoms with van der Waals surface area (Å²) in [6.45, 7) is 0. The Balaban J connectivity index is 3.40. The molecule has 0 atom stereocenters. The molecule has 3 nitrogen and oxygen atoms in total. The third-order valence-electron chi connectivity index (χ3n) is 1.57. The molecular weight excluding hydrogens is 387 g/mol. The van der Waals surface area contributed by atoms with E-state index in [2.05, 4.69) is 25.7 Å². The van der Waals surface area contributed by atoms with Gasteiger partial charge < -0.3 is 4.74 Å². The number of ether oxygens (including phenoxy) is 1. The van der Waals surface area contributed by atoms with Crippen LogP contribution in [0.3, 0.4) is 0 Å². The van der Waals surface area contributed by atoms with E-state index in [4.69, 9.17) is 0 Å². The van der Waals surface area contributed by atoms with Crippen molar-refractivity contribution in [3.63, 3.8) is 0 Å². The van der Waals surface area contributed by atoms with Crippen LogP contribution < -0.4 is 0 Å². The Hall–Kier alpha value is -0.310. The van der Waals surface area contributed by atoms with Crippen molar-refractivity contribution >= 4 is 44.5 Å². The van der Waals surface area contributed by atoms with Crippen LogP contribution in [0.5, 0.6) is 0 Å². The lowest BCUT2D eigenvalue weighted by Gasteiger charge is -2.08. The molecule has 0 aromatic carbocycles. The highest BCUT2D eigenvalue weighted by Crippen LogP contribution is 2.29. The van der Waals surface area contributed by atoms with Crippen molar-refractivity contribution in [3.05, 3.63) is 25.5 Å². The lowest BCUT2D eigenvalue weighted by Crippen LogP contribution is -2.11. The van der Waals surface area contributed by atoms with E-state index in [9.17, 15) is 13.6 Å². The summed E-state index contributed by atoms with van der Waals surface area (Å²) in [5, 5.41) is 0. The second-order valence-electron chi connectivity index (χ2n) is 2.48. The number of alkyl halides is 2. The van der Waals surface area contributed by atoms with Gasteiger partial charge in [0.05, 0.1) is 12.7 Å². The second kappa shape index (κ2) is 5.15. The average molecular weight is 392 g/mol. The summed E-state index contributed by atoms with van der Waals surface area (Å²) in [7, 11) is 1.12. The molecule has 0 saturated carbocycles. The van der Waals surface area contributed by atoms with Crippen molar-refractivity contribution < 1.29 is 18.3 Å². The topological polar surface area (TPSA) is 39.2 Å². The van der Waals surface area contributed by atoms with E-state index in [1.54, 1.807) is 22.6 Å². The summed E-state index contributed by atoms with van der Waals surface area (Å²) >= 11 is 4.74. The molecule has 0 radical (unpaired) electrons. The van der Waals surface area contributed by atoms with Gasteiger partial charge in [0.2, 0.25) is 0 Å². The van der Waals surface area contributed by atoms with Crippen LogP contribution in [0.25, 0.3) is 0 Å². The molecule has 0 spiro atoms. The van der Waals surface area contributed by atoms with Gasteiger partial charge in [0, 0.05) is 3.57 Å². The maximum absolute atomic E-state index is 12.6. The minimum absolute atomic E-state index is 0.268. The number of esters is 1. The Labute approximate surface area is 106 Å². The van der Waals surface area contributed by atoms with Gasteiger partial charge in [0.25, 0.3) is 6.43 Å². The van der Waals surface area contributed by atoms with E-state index in [0.29, 0.717) is 4.60 Å². The SMILES string of the molecule is COC(=O)c1nc(Br)cc(I)c1C(F)F. The van der Waals surface area contributed by atoms with E-state index in [0.717, 1.165) is 7.11 Å². The van der Waals surface area contributed by atoms with Crippen LogP contribution in [0, 0.1) is 3.57 Å². The number of halogens is 4. The number of pyridine rings is 1. The van der Waals surface area contributed by atoms with Crippen LogP contribution in [0.1, 0.15) is 22.5 Å². The van der Waals surface area contributed by atoms with Crippen LogP contribution in [0.15, 0.2) is 10.7 Å². The Morgan fingerprint density at radius 2 is 2.27 bits per heavy atom. The number of carbonyl (C=O) groups is 1. The molecular formula is C8H5BrF2INO2. The molecule has 0 aliphatic carbocycles. The minimum Gasteiger partial charge on any atom is -0.464 e. The summed E-state index contributed by atoms with van der Waals surface area (Å²) in [5.41, 5.74) is -0.753. The molecule has 0 aliphatic heterocycles. The van der Waals surface area contributed by atoms with E-state index >= 15 is 0 Å². The molecule has 1 rings (SSSR count). The lowest BCUT2D eigenvalue weighted by molar-refractivity contribution is 0.0581. The van der Waals surface area contributed by atoms with Gasteiger partial charge in [0.15, 0.2) is 5.69 Å². The minimum atomic E-state index is -2.76. The van der Waals surface area contributed by atoms with Gasteiger partial charge in [-0.1, -0.05) is 0 Å². The quantitative estimate of drug-likeness (QED) is 0.441. The van der Waals surface area contributed by atoms with E-state index in [1.165, 1.54) is 6.07 Å². The summed E-state index contributed by atoms with van der Waals surface area (Å²) in [5.74, 6) is -0.871. The lowest BCUT2D eigenvalue weighted by atomic mass is 10.2. The van der Waals surface area contributed by atoms with E-state index < -0.39 is 18.0 Å². The van der Waals surface area contributed by atoms with Gasteiger partial charge in [-0.3, -0.25) is 0 Å². The molecule has 1 aromatic rings. The molecule has 0 saturated heterocycles. The molecule has 82 valence electrons. The second-order valence-corrected chi connectivity index (χ2v) is 4.46. The van der Waals surface area contributed by atoms with Crippen LogP contribution in [-0.4, -0.2) is 18.1 Å². The molecule has 15 heavy (non-hydrogen) atoms. The Kier molecular flexibility index (Phi) is 4.38. The fourth-order valence-electron chi connectivity index (χ4n) is 0.955. The van der Waals surface area contributed by atoms with Crippen molar-refractivity contribution in [2.45, 2.75) is 6.43 Å². The molecule has 1 aromatic heterocycles. The van der Waals surface area contributed by atoms with Gasteiger partial charge in [-0.25, -0.2) is 18.6 Å². The van der Waals surface area contributed by atoms with Gasteiger partial charge in [-0.2, -0.15) is 0 Å². The molecule has 7 heteroatoms. The van der Waals surface area contributed by atoms with Crippen LogP contribution >= 0.6 is 38.5 Å². The Bertz CT molecular complexity index is 400. The van der Waals surface area contributed by atoms with Crippen molar-refractivity contribution in [2.24, 2.45) is 0 Å². The largest absolute Gasteiger partial charge is 0.464 e. The predicted molar refractivity (Wildman–Crippen MR) is 61.0 cm³/mol. The molecule has 0 amide bonds. The van der Waals surface area contributed by atoms with Crippen LogP contribution in [0.2, 0.25) is 0 Å². The number of hydrogen-bond acceptors (Lipinski definition) is 3. The van der Waals surface area contributed by atoms with Gasteiger partial charge in [-0.05, 0) is 44.6 Å². The molecule has 1 heterocycles. The first-order valence-electron chi connectivity index (χ1n) is 3.69. The zero-order chi connectivity index (χ0) is 11.6. The highest BCUT2D eigenvalue weighted by molar-refractivity contribution is 14.1. The Morgan fingerprint density at radius 1 is 1.67 bits per heavy atom. The van der Waals surface area contributed by atoms with Crippen molar-refractivity contribution in [1.29, 1.82) is 0 Å². The highest BCUT2D eigenvalue weighted by atomic mass is 127. The zero-order valence-electron chi connectivity index (χ0n) is 7.43. The van der Waals surface area contributed by atoms with Crippen LogP contribution in [-0.2, 0) is 4.74 Å². The monoisotopic (exact) mass is 391 g/mol.